The Balaban J connectivity index is 2.52. The Bertz CT molecular complexity index is 369. The number of unbranched alkanes of at least 4 members (excludes halogenated alkanes) is 2. The molecule has 1 rings (SSSR count). The molecule has 0 aliphatic rings. The second kappa shape index (κ2) is 8.77. The fraction of sp³-hybridized carbons (Fsp3) is 0.600. The molecule has 0 heterocycles. The lowest BCUT2D eigenvalue weighted by Crippen LogP contribution is -2.19. The maximum atomic E-state index is 8.75. The zero-order chi connectivity index (χ0) is 14.1. The van der Waals surface area contributed by atoms with E-state index in [0.29, 0.717) is 6.61 Å². The summed E-state index contributed by atoms with van der Waals surface area (Å²) >= 11 is 0. The van der Waals surface area contributed by atoms with Gasteiger partial charge in [-0.15, -0.1) is 0 Å². The van der Waals surface area contributed by atoms with Crippen LogP contribution >= 0.6 is 0 Å². The average molecular weight is 266 g/mol. The molecule has 1 aromatic rings. The summed E-state index contributed by atoms with van der Waals surface area (Å²) < 4.78 is 5.62. The molecule has 0 aliphatic carbocycles. The predicted octanol–water partition coefficient (Wildman–Crippen LogP) is 2.26. The number of aliphatic hydroxyl groups is 1. The lowest BCUT2D eigenvalue weighted by atomic mass is 10.1. The van der Waals surface area contributed by atoms with Crippen molar-refractivity contribution in [3.05, 3.63) is 23.8 Å². The molecular weight excluding hydrogens is 240 g/mol. The standard InChI is InChI=1S/C15H26N2O2/c1-3-19-15-8-7-14(16)11-13(15)12-17(2)9-5-4-6-10-18/h7-8,11,18H,3-6,9-10,12,16H2,1-2H3. The van der Waals surface area contributed by atoms with E-state index >= 15 is 0 Å². The van der Waals surface area contributed by atoms with Crippen LogP contribution in [0.25, 0.3) is 0 Å². The van der Waals surface area contributed by atoms with Crippen LogP contribution in [0.3, 0.4) is 0 Å². The average Bonchev–Trinajstić information content (AvgIpc) is 2.38. The monoisotopic (exact) mass is 266 g/mol. The smallest absolute Gasteiger partial charge is 0.123 e. The number of benzene rings is 1. The van der Waals surface area contributed by atoms with Crippen molar-refractivity contribution in [3.8, 4) is 5.75 Å². The highest BCUT2D eigenvalue weighted by Gasteiger charge is 2.07. The third-order valence-corrected chi connectivity index (χ3v) is 3.02. The number of nitrogen functional groups attached to an aromatic ring is 1. The Labute approximate surface area is 116 Å². The summed E-state index contributed by atoms with van der Waals surface area (Å²) in [7, 11) is 2.10. The Morgan fingerprint density at radius 1 is 1.26 bits per heavy atom. The Morgan fingerprint density at radius 2 is 2.05 bits per heavy atom. The number of aliphatic hydroxyl groups excluding tert-OH is 1. The van der Waals surface area contributed by atoms with Crippen LogP contribution < -0.4 is 10.5 Å². The van der Waals surface area contributed by atoms with E-state index in [1.54, 1.807) is 0 Å². The first-order valence-electron chi connectivity index (χ1n) is 6.98. The SMILES string of the molecule is CCOc1ccc(N)cc1CN(C)CCCCCO. The van der Waals surface area contributed by atoms with Gasteiger partial charge in [-0.05, 0) is 58.0 Å². The molecule has 3 N–H and O–H groups in total. The highest BCUT2D eigenvalue weighted by molar-refractivity contribution is 5.47. The van der Waals surface area contributed by atoms with Gasteiger partial charge in [-0.1, -0.05) is 0 Å². The van der Waals surface area contributed by atoms with Gasteiger partial charge in [0.15, 0.2) is 0 Å². The maximum absolute atomic E-state index is 8.75. The molecule has 0 atom stereocenters. The minimum atomic E-state index is 0.285. The summed E-state index contributed by atoms with van der Waals surface area (Å²) in [6.45, 7) is 4.78. The van der Waals surface area contributed by atoms with Crippen molar-refractivity contribution >= 4 is 5.69 Å². The zero-order valence-electron chi connectivity index (χ0n) is 12.1. The van der Waals surface area contributed by atoms with Crippen LogP contribution in [0.5, 0.6) is 5.75 Å². The van der Waals surface area contributed by atoms with Crippen LogP contribution in [0.4, 0.5) is 5.69 Å². The van der Waals surface area contributed by atoms with Crippen LogP contribution in [0.2, 0.25) is 0 Å². The maximum Gasteiger partial charge on any atom is 0.123 e. The first kappa shape index (κ1) is 15.8. The summed E-state index contributed by atoms with van der Waals surface area (Å²) in [5, 5.41) is 8.75. The zero-order valence-corrected chi connectivity index (χ0v) is 12.1. The Kier molecular flexibility index (Phi) is 7.30. The molecule has 19 heavy (non-hydrogen) atoms. The van der Waals surface area contributed by atoms with Crippen LogP contribution in [-0.4, -0.2) is 36.8 Å². The van der Waals surface area contributed by atoms with Crippen LogP contribution in [0.1, 0.15) is 31.7 Å². The predicted molar refractivity (Wildman–Crippen MR) is 79.3 cm³/mol. The van der Waals surface area contributed by atoms with Crippen LogP contribution in [-0.2, 0) is 6.54 Å². The topological polar surface area (TPSA) is 58.7 Å². The second-order valence-corrected chi connectivity index (χ2v) is 4.82. The summed E-state index contributed by atoms with van der Waals surface area (Å²) in [5.74, 6) is 0.916. The van der Waals surface area contributed by atoms with Crippen LogP contribution in [0, 0.1) is 0 Å². The molecule has 0 radical (unpaired) electrons. The third kappa shape index (κ3) is 5.94. The van der Waals surface area contributed by atoms with Gasteiger partial charge >= 0.3 is 0 Å². The number of ether oxygens (including phenoxy) is 1. The van der Waals surface area contributed by atoms with Gasteiger partial charge in [0.1, 0.15) is 5.75 Å². The quantitative estimate of drug-likeness (QED) is 0.532. The largest absolute Gasteiger partial charge is 0.494 e. The molecule has 4 nitrogen and oxygen atoms in total. The summed E-state index contributed by atoms with van der Waals surface area (Å²) in [6, 6.07) is 5.79. The summed E-state index contributed by atoms with van der Waals surface area (Å²) in [4.78, 5) is 2.26. The molecule has 0 saturated carbocycles. The van der Waals surface area contributed by atoms with Crippen molar-refractivity contribution in [3.63, 3.8) is 0 Å². The molecule has 0 spiro atoms. The van der Waals surface area contributed by atoms with Crippen molar-refractivity contribution in [2.45, 2.75) is 32.7 Å². The van der Waals surface area contributed by atoms with E-state index < -0.39 is 0 Å². The van der Waals surface area contributed by atoms with E-state index in [-0.39, 0.29) is 6.61 Å². The number of anilines is 1. The molecule has 4 heteroatoms. The first-order chi connectivity index (χ1) is 9.17. The number of hydrogen-bond donors (Lipinski definition) is 2. The van der Waals surface area contributed by atoms with E-state index in [1.807, 2.05) is 25.1 Å². The van der Waals surface area contributed by atoms with E-state index in [0.717, 1.165) is 49.4 Å². The highest BCUT2D eigenvalue weighted by atomic mass is 16.5. The molecule has 0 saturated heterocycles. The molecule has 1 aromatic carbocycles. The second-order valence-electron chi connectivity index (χ2n) is 4.82. The highest BCUT2D eigenvalue weighted by Crippen LogP contribution is 2.22. The van der Waals surface area contributed by atoms with Crippen LogP contribution in [0.15, 0.2) is 18.2 Å². The van der Waals surface area contributed by atoms with Gasteiger partial charge in [0, 0.05) is 24.4 Å². The normalized spacial score (nSPS) is 10.9. The molecule has 0 aromatic heterocycles. The molecule has 0 fully saturated rings. The minimum Gasteiger partial charge on any atom is -0.494 e. The van der Waals surface area contributed by atoms with Gasteiger partial charge in [0.05, 0.1) is 6.61 Å². The van der Waals surface area contributed by atoms with Gasteiger partial charge in [0.25, 0.3) is 0 Å². The fourth-order valence-corrected chi connectivity index (χ4v) is 2.06. The molecule has 0 bridgehead atoms. The molecule has 108 valence electrons. The molecular formula is C15H26N2O2. The Morgan fingerprint density at radius 3 is 2.74 bits per heavy atom. The third-order valence-electron chi connectivity index (χ3n) is 3.02. The summed E-state index contributed by atoms with van der Waals surface area (Å²) in [5.41, 5.74) is 7.74. The molecule has 0 aliphatic heterocycles. The molecule has 0 amide bonds. The summed E-state index contributed by atoms with van der Waals surface area (Å²) in [6.07, 6.45) is 3.05. The van der Waals surface area contributed by atoms with Gasteiger partial charge < -0.3 is 20.5 Å². The lowest BCUT2D eigenvalue weighted by Gasteiger charge is -2.19. The van der Waals surface area contributed by atoms with Gasteiger partial charge in [0.2, 0.25) is 0 Å². The fourth-order valence-electron chi connectivity index (χ4n) is 2.06. The first-order valence-corrected chi connectivity index (χ1v) is 6.98. The van der Waals surface area contributed by atoms with E-state index in [9.17, 15) is 0 Å². The van der Waals surface area contributed by atoms with Crippen molar-refractivity contribution < 1.29 is 9.84 Å². The molecule has 0 unspecified atom stereocenters. The van der Waals surface area contributed by atoms with Gasteiger partial charge in [-0.3, -0.25) is 0 Å². The van der Waals surface area contributed by atoms with Crippen molar-refractivity contribution in [1.29, 1.82) is 0 Å². The van der Waals surface area contributed by atoms with Gasteiger partial charge in [-0.2, -0.15) is 0 Å². The van der Waals surface area contributed by atoms with Crippen molar-refractivity contribution in [2.75, 3.05) is 32.5 Å². The number of nitrogens with two attached hydrogens (primary N) is 1. The number of hydrogen-bond acceptors (Lipinski definition) is 4. The van der Waals surface area contributed by atoms with Crippen molar-refractivity contribution in [2.24, 2.45) is 0 Å². The lowest BCUT2D eigenvalue weighted by molar-refractivity contribution is 0.269. The van der Waals surface area contributed by atoms with E-state index in [2.05, 4.69) is 11.9 Å². The van der Waals surface area contributed by atoms with Crippen molar-refractivity contribution in [1.82, 2.24) is 4.90 Å². The minimum absolute atomic E-state index is 0.285. The number of rotatable bonds is 9. The Hall–Kier alpha value is -1.26. The number of nitrogens with zero attached hydrogens (tertiary/aromatic N) is 1. The van der Waals surface area contributed by atoms with E-state index in [4.69, 9.17) is 15.6 Å². The van der Waals surface area contributed by atoms with E-state index in [1.165, 1.54) is 0 Å². The van der Waals surface area contributed by atoms with Gasteiger partial charge in [-0.25, -0.2) is 0 Å².